The summed E-state index contributed by atoms with van der Waals surface area (Å²) in [6, 6.07) is 0.761. The summed E-state index contributed by atoms with van der Waals surface area (Å²) in [7, 11) is 0. The van der Waals surface area contributed by atoms with Crippen molar-refractivity contribution in [2.24, 2.45) is 0 Å². The molecule has 2 aliphatic rings. The molecule has 3 rings (SSSR count). The van der Waals surface area contributed by atoms with Gasteiger partial charge in [0.25, 0.3) is 0 Å². The zero-order valence-electron chi connectivity index (χ0n) is 9.61. The van der Waals surface area contributed by atoms with E-state index in [0.29, 0.717) is 5.92 Å². The van der Waals surface area contributed by atoms with Crippen LogP contribution in [0.15, 0.2) is 4.52 Å². The molecule has 1 heterocycles. The predicted octanol–water partition coefficient (Wildman–Crippen LogP) is 2.02. The molecule has 4 heteroatoms. The Balaban J connectivity index is 1.50. The quantitative estimate of drug-likeness (QED) is 0.826. The van der Waals surface area contributed by atoms with Gasteiger partial charge in [-0.3, -0.25) is 0 Å². The highest BCUT2D eigenvalue weighted by Crippen LogP contribution is 2.32. The number of nitrogens with zero attached hydrogens (tertiary/aromatic N) is 2. The maximum atomic E-state index is 5.28. The number of nitrogens with one attached hydrogen (secondary N) is 1. The van der Waals surface area contributed by atoms with Crippen LogP contribution in [0.4, 0.5) is 0 Å². The Kier molecular flexibility index (Phi) is 2.91. The molecule has 2 saturated carbocycles. The Bertz CT molecular complexity index is 340. The van der Waals surface area contributed by atoms with Crippen molar-refractivity contribution in [2.45, 2.75) is 56.9 Å². The first-order valence-electron chi connectivity index (χ1n) is 6.47. The summed E-state index contributed by atoms with van der Waals surface area (Å²) in [6.07, 6.45) is 8.64. The molecule has 0 spiro atoms. The molecule has 1 aromatic rings. The minimum absolute atomic E-state index is 0.564. The molecule has 0 bridgehead atoms. The van der Waals surface area contributed by atoms with Crippen molar-refractivity contribution in [3.63, 3.8) is 0 Å². The molecule has 0 radical (unpaired) electrons. The van der Waals surface area contributed by atoms with Crippen LogP contribution in [0.3, 0.4) is 0 Å². The van der Waals surface area contributed by atoms with Gasteiger partial charge in [-0.1, -0.05) is 18.0 Å². The maximum Gasteiger partial charge on any atom is 0.227 e. The van der Waals surface area contributed by atoms with Gasteiger partial charge in [-0.05, 0) is 25.7 Å². The molecule has 1 N–H and O–H groups in total. The third-order valence-electron chi connectivity index (χ3n) is 3.55. The zero-order chi connectivity index (χ0) is 10.8. The average molecular weight is 221 g/mol. The molecule has 4 nitrogen and oxygen atoms in total. The van der Waals surface area contributed by atoms with Crippen molar-refractivity contribution in [3.05, 3.63) is 11.7 Å². The van der Waals surface area contributed by atoms with Crippen LogP contribution in [0, 0.1) is 0 Å². The van der Waals surface area contributed by atoms with Crippen LogP contribution in [0.5, 0.6) is 0 Å². The van der Waals surface area contributed by atoms with Crippen LogP contribution in [-0.4, -0.2) is 22.7 Å². The summed E-state index contributed by atoms with van der Waals surface area (Å²) in [6.45, 7) is 0.969. The van der Waals surface area contributed by atoms with Gasteiger partial charge in [0.05, 0.1) is 0 Å². The lowest BCUT2D eigenvalue weighted by atomic mass is 10.1. The number of aromatic nitrogens is 2. The van der Waals surface area contributed by atoms with E-state index in [0.717, 1.165) is 30.7 Å². The fraction of sp³-hybridized carbons (Fsp3) is 0.833. The van der Waals surface area contributed by atoms with Crippen LogP contribution >= 0.6 is 0 Å². The van der Waals surface area contributed by atoms with Crippen LogP contribution in [-0.2, 0) is 6.42 Å². The van der Waals surface area contributed by atoms with E-state index in [2.05, 4.69) is 15.5 Å². The molecular weight excluding hydrogens is 202 g/mol. The molecule has 0 aromatic carbocycles. The highest BCUT2D eigenvalue weighted by molar-refractivity contribution is 4.98. The molecule has 0 aliphatic heterocycles. The molecule has 2 fully saturated rings. The Labute approximate surface area is 95.8 Å². The van der Waals surface area contributed by atoms with E-state index < -0.39 is 0 Å². The van der Waals surface area contributed by atoms with Crippen LogP contribution in [0.2, 0.25) is 0 Å². The molecule has 0 amide bonds. The minimum Gasteiger partial charge on any atom is -0.339 e. The Morgan fingerprint density at radius 2 is 2.00 bits per heavy atom. The SMILES string of the molecule is C1CCC(c2noc(CCNC3CC3)n2)C1. The monoisotopic (exact) mass is 221 g/mol. The lowest BCUT2D eigenvalue weighted by molar-refractivity contribution is 0.367. The normalized spacial score (nSPS) is 21.8. The smallest absolute Gasteiger partial charge is 0.227 e. The summed E-state index contributed by atoms with van der Waals surface area (Å²) >= 11 is 0. The number of hydrogen-bond donors (Lipinski definition) is 1. The summed E-state index contributed by atoms with van der Waals surface area (Å²) in [5.74, 6) is 2.31. The lowest BCUT2D eigenvalue weighted by Gasteiger charge is -2.00. The molecule has 16 heavy (non-hydrogen) atoms. The molecule has 0 saturated heterocycles. The van der Waals surface area contributed by atoms with Crippen LogP contribution in [0.25, 0.3) is 0 Å². The van der Waals surface area contributed by atoms with E-state index in [-0.39, 0.29) is 0 Å². The highest BCUT2D eigenvalue weighted by atomic mass is 16.5. The van der Waals surface area contributed by atoms with E-state index >= 15 is 0 Å². The van der Waals surface area contributed by atoms with Gasteiger partial charge in [-0.25, -0.2) is 0 Å². The summed E-state index contributed by atoms with van der Waals surface area (Å²) in [4.78, 5) is 4.49. The van der Waals surface area contributed by atoms with Gasteiger partial charge in [-0.15, -0.1) is 0 Å². The van der Waals surface area contributed by atoms with Gasteiger partial charge in [0.1, 0.15) is 0 Å². The first-order valence-corrected chi connectivity index (χ1v) is 6.47. The molecule has 0 atom stereocenters. The number of rotatable bonds is 5. The Hall–Kier alpha value is -0.900. The molecule has 0 unspecified atom stereocenters. The van der Waals surface area contributed by atoms with E-state index in [1.165, 1.54) is 38.5 Å². The average Bonchev–Trinajstić information content (AvgIpc) is 2.83. The van der Waals surface area contributed by atoms with Crippen molar-refractivity contribution >= 4 is 0 Å². The Morgan fingerprint density at radius 3 is 2.75 bits per heavy atom. The lowest BCUT2D eigenvalue weighted by Crippen LogP contribution is -2.19. The largest absolute Gasteiger partial charge is 0.339 e. The summed E-state index contributed by atoms with van der Waals surface area (Å²) in [5, 5.41) is 7.55. The van der Waals surface area contributed by atoms with Gasteiger partial charge < -0.3 is 9.84 Å². The van der Waals surface area contributed by atoms with Crippen molar-refractivity contribution < 1.29 is 4.52 Å². The fourth-order valence-corrected chi connectivity index (χ4v) is 2.39. The van der Waals surface area contributed by atoms with Crippen LogP contribution < -0.4 is 5.32 Å². The minimum atomic E-state index is 0.564. The third kappa shape index (κ3) is 2.43. The van der Waals surface area contributed by atoms with E-state index in [9.17, 15) is 0 Å². The highest BCUT2D eigenvalue weighted by Gasteiger charge is 2.23. The fourth-order valence-electron chi connectivity index (χ4n) is 2.39. The van der Waals surface area contributed by atoms with Crippen molar-refractivity contribution in [3.8, 4) is 0 Å². The third-order valence-corrected chi connectivity index (χ3v) is 3.55. The second kappa shape index (κ2) is 4.53. The molecule has 88 valence electrons. The van der Waals surface area contributed by atoms with Gasteiger partial charge in [0, 0.05) is 24.9 Å². The molecule has 1 aromatic heterocycles. The zero-order valence-corrected chi connectivity index (χ0v) is 9.61. The van der Waals surface area contributed by atoms with Gasteiger partial charge in [-0.2, -0.15) is 4.98 Å². The topological polar surface area (TPSA) is 51.0 Å². The van der Waals surface area contributed by atoms with Gasteiger partial charge in [0.15, 0.2) is 5.82 Å². The van der Waals surface area contributed by atoms with E-state index in [1.807, 2.05) is 0 Å². The standard InChI is InChI=1S/C12H19N3O/c1-2-4-9(3-1)12-14-11(16-15-12)7-8-13-10-5-6-10/h9-10,13H,1-8H2. The van der Waals surface area contributed by atoms with Crippen molar-refractivity contribution in [1.29, 1.82) is 0 Å². The first kappa shape index (κ1) is 10.3. The van der Waals surface area contributed by atoms with Gasteiger partial charge >= 0.3 is 0 Å². The van der Waals surface area contributed by atoms with Gasteiger partial charge in [0.2, 0.25) is 5.89 Å². The molecular formula is C12H19N3O. The molecule has 2 aliphatic carbocycles. The van der Waals surface area contributed by atoms with Crippen molar-refractivity contribution in [2.75, 3.05) is 6.54 Å². The maximum absolute atomic E-state index is 5.28. The van der Waals surface area contributed by atoms with E-state index in [1.54, 1.807) is 0 Å². The summed E-state index contributed by atoms with van der Waals surface area (Å²) in [5.41, 5.74) is 0. The first-order chi connectivity index (χ1) is 7.92. The second-order valence-electron chi connectivity index (χ2n) is 5.01. The number of hydrogen-bond acceptors (Lipinski definition) is 4. The Morgan fingerprint density at radius 1 is 1.19 bits per heavy atom. The summed E-state index contributed by atoms with van der Waals surface area (Å²) < 4.78 is 5.28. The van der Waals surface area contributed by atoms with Crippen LogP contribution in [0.1, 0.15) is 56.2 Å². The second-order valence-corrected chi connectivity index (χ2v) is 5.01. The van der Waals surface area contributed by atoms with Crippen molar-refractivity contribution in [1.82, 2.24) is 15.5 Å². The van der Waals surface area contributed by atoms with E-state index in [4.69, 9.17) is 4.52 Å². The predicted molar refractivity (Wildman–Crippen MR) is 60.2 cm³/mol.